The van der Waals surface area contributed by atoms with E-state index in [-0.39, 0.29) is 5.41 Å². The van der Waals surface area contributed by atoms with Crippen molar-refractivity contribution in [2.45, 2.75) is 77.2 Å². The van der Waals surface area contributed by atoms with Crippen LogP contribution in [0, 0.1) is 28.6 Å². The maximum Gasteiger partial charge on any atom is 0.0759 e. The normalized spacial score (nSPS) is 45.3. The number of nitrogens with two attached hydrogens (primary N) is 1. The van der Waals surface area contributed by atoms with Crippen LogP contribution in [0.15, 0.2) is 41.1 Å². The first-order chi connectivity index (χ1) is 13.9. The second-order valence-electron chi connectivity index (χ2n) is 10.6. The summed E-state index contributed by atoms with van der Waals surface area (Å²) < 4.78 is 0. The number of allylic oxidation sites excluding steroid dienone is 2. The first-order valence-corrected chi connectivity index (χ1v) is 11.5. The van der Waals surface area contributed by atoms with Crippen molar-refractivity contribution >= 4 is 5.71 Å². The molecule has 1 aromatic heterocycles. The van der Waals surface area contributed by atoms with Crippen LogP contribution in [0.3, 0.4) is 0 Å². The molecule has 3 fully saturated rings. The van der Waals surface area contributed by atoms with Gasteiger partial charge in [-0.3, -0.25) is 4.98 Å². The van der Waals surface area contributed by atoms with Gasteiger partial charge in [0.05, 0.1) is 11.3 Å². The lowest BCUT2D eigenvalue weighted by Crippen LogP contribution is -2.55. The third-order valence-electron chi connectivity index (χ3n) is 9.66. The van der Waals surface area contributed by atoms with Crippen molar-refractivity contribution in [3.63, 3.8) is 0 Å². The molecule has 0 spiro atoms. The van der Waals surface area contributed by atoms with Gasteiger partial charge in [0.1, 0.15) is 0 Å². The van der Waals surface area contributed by atoms with E-state index in [4.69, 9.17) is 5.84 Å². The Kier molecular flexibility index (Phi) is 4.43. The Labute approximate surface area is 174 Å². The topological polar surface area (TPSA) is 71.5 Å². The van der Waals surface area contributed by atoms with Crippen LogP contribution in [0.25, 0.3) is 0 Å². The summed E-state index contributed by atoms with van der Waals surface area (Å²) in [7, 11) is 0. The molecule has 5 rings (SSSR count). The summed E-state index contributed by atoms with van der Waals surface area (Å²) in [6.07, 6.45) is 13.9. The van der Waals surface area contributed by atoms with Crippen molar-refractivity contribution in [3.05, 3.63) is 41.7 Å². The van der Waals surface area contributed by atoms with Crippen molar-refractivity contribution in [1.29, 1.82) is 0 Å². The molecule has 4 aliphatic rings. The molecule has 4 nitrogen and oxygen atoms in total. The Morgan fingerprint density at radius 1 is 1.10 bits per heavy atom. The minimum Gasteiger partial charge on any atom is -0.389 e. The summed E-state index contributed by atoms with van der Waals surface area (Å²) in [6, 6.07) is 6.06. The molecule has 156 valence electrons. The van der Waals surface area contributed by atoms with E-state index in [1.807, 2.05) is 18.3 Å². The van der Waals surface area contributed by atoms with Crippen molar-refractivity contribution in [1.82, 2.24) is 4.98 Å². The van der Waals surface area contributed by atoms with Crippen LogP contribution in [0.2, 0.25) is 0 Å². The number of hydrogen-bond donors (Lipinski definition) is 2. The van der Waals surface area contributed by atoms with Gasteiger partial charge in [0.25, 0.3) is 0 Å². The van der Waals surface area contributed by atoms with Gasteiger partial charge in [0.2, 0.25) is 0 Å². The quantitative estimate of drug-likeness (QED) is 0.568. The predicted octanol–water partition coefficient (Wildman–Crippen LogP) is 4.63. The number of nitrogens with zero attached hydrogens (tertiary/aromatic N) is 2. The highest BCUT2D eigenvalue weighted by Crippen LogP contribution is 2.67. The lowest BCUT2D eigenvalue weighted by molar-refractivity contribution is -0.126. The number of rotatable bonds is 2. The maximum absolute atomic E-state index is 11.9. The lowest BCUT2D eigenvalue weighted by atomic mass is 9.46. The fraction of sp³-hybridized carbons (Fsp3) is 0.680. The van der Waals surface area contributed by atoms with Crippen LogP contribution in [0.5, 0.6) is 0 Å². The highest BCUT2D eigenvalue weighted by Gasteiger charge is 2.63. The Bertz CT molecular complexity index is 849. The number of aromatic nitrogens is 1. The fourth-order valence-corrected chi connectivity index (χ4v) is 7.88. The van der Waals surface area contributed by atoms with Crippen LogP contribution < -0.4 is 5.84 Å². The zero-order valence-electron chi connectivity index (χ0n) is 17.9. The first kappa shape index (κ1) is 19.3. The van der Waals surface area contributed by atoms with Crippen molar-refractivity contribution in [3.8, 4) is 0 Å². The number of fused-ring (bicyclic) bond motifs is 5. The first-order valence-electron chi connectivity index (χ1n) is 11.5. The van der Waals surface area contributed by atoms with E-state index in [2.05, 4.69) is 36.1 Å². The minimum atomic E-state index is -0.625. The molecule has 3 unspecified atom stereocenters. The van der Waals surface area contributed by atoms with Gasteiger partial charge in [0, 0.05) is 18.3 Å². The molecule has 0 aromatic carbocycles. The van der Waals surface area contributed by atoms with Crippen LogP contribution in [-0.2, 0) is 6.42 Å². The number of pyridine rings is 1. The largest absolute Gasteiger partial charge is 0.389 e. The second-order valence-corrected chi connectivity index (χ2v) is 10.6. The minimum absolute atomic E-state index is 0.00180. The van der Waals surface area contributed by atoms with Crippen LogP contribution in [0.4, 0.5) is 0 Å². The summed E-state index contributed by atoms with van der Waals surface area (Å²) in [5.41, 5.74) is 3.35. The number of aliphatic hydroxyl groups is 1. The summed E-state index contributed by atoms with van der Waals surface area (Å²) in [5.74, 6) is 7.67. The van der Waals surface area contributed by atoms with E-state index in [1.54, 1.807) is 5.57 Å². The zero-order chi connectivity index (χ0) is 20.3. The predicted molar refractivity (Wildman–Crippen MR) is 116 cm³/mol. The van der Waals surface area contributed by atoms with E-state index < -0.39 is 5.60 Å². The molecule has 1 aromatic rings. The average Bonchev–Trinajstić information content (AvgIpc) is 2.99. The Morgan fingerprint density at radius 2 is 1.93 bits per heavy atom. The summed E-state index contributed by atoms with van der Waals surface area (Å²) in [6.45, 7) is 4.89. The molecule has 0 amide bonds. The van der Waals surface area contributed by atoms with Gasteiger partial charge >= 0.3 is 0 Å². The van der Waals surface area contributed by atoms with Gasteiger partial charge in [-0.05, 0) is 98.2 Å². The molecular weight excluding hydrogens is 358 g/mol. The molecule has 4 heteroatoms. The molecular formula is C25H35N3O. The zero-order valence-corrected chi connectivity index (χ0v) is 17.9. The van der Waals surface area contributed by atoms with E-state index in [1.165, 1.54) is 25.7 Å². The van der Waals surface area contributed by atoms with Gasteiger partial charge in [0.15, 0.2) is 0 Å². The van der Waals surface area contributed by atoms with Crippen molar-refractivity contribution in [2.24, 2.45) is 39.5 Å². The lowest BCUT2D eigenvalue weighted by Gasteiger charge is -2.59. The molecule has 0 saturated heterocycles. The molecule has 0 aliphatic heterocycles. The summed E-state index contributed by atoms with van der Waals surface area (Å²) in [4.78, 5) is 4.53. The molecule has 3 saturated carbocycles. The van der Waals surface area contributed by atoms with Gasteiger partial charge in [-0.15, -0.1) is 0 Å². The number of hydrogen-bond acceptors (Lipinski definition) is 4. The summed E-state index contributed by atoms with van der Waals surface area (Å²) >= 11 is 0. The Hall–Kier alpha value is -1.68. The van der Waals surface area contributed by atoms with Gasteiger partial charge in [-0.2, -0.15) is 5.10 Å². The molecule has 0 bridgehead atoms. The highest BCUT2D eigenvalue weighted by atomic mass is 16.3. The van der Waals surface area contributed by atoms with E-state index in [0.717, 1.165) is 48.9 Å². The van der Waals surface area contributed by atoms with Gasteiger partial charge < -0.3 is 10.9 Å². The van der Waals surface area contributed by atoms with Crippen LogP contribution in [-0.4, -0.2) is 21.4 Å². The smallest absolute Gasteiger partial charge is 0.0759 e. The van der Waals surface area contributed by atoms with E-state index in [0.29, 0.717) is 17.8 Å². The standard InChI is InChI=1S/C25H35N3O/c1-23-11-8-18(28-26)15-17(23)6-7-20-21(23)9-12-24(2)22(20)10-13-25(24,29)16-19-5-3-4-14-27-19/h3-5,14-15,20-22,29H,6-13,16,26H2,1-2H3/b28-18+/t20?,21?,22?,23-,24-,25+/m0/s1. The molecule has 3 N–H and O–H groups in total. The Balaban J connectivity index is 1.43. The summed E-state index contributed by atoms with van der Waals surface area (Å²) in [5, 5.41) is 15.9. The van der Waals surface area contributed by atoms with Crippen molar-refractivity contribution < 1.29 is 5.11 Å². The molecule has 1 heterocycles. The average molecular weight is 394 g/mol. The Morgan fingerprint density at radius 3 is 2.69 bits per heavy atom. The SMILES string of the molecule is C[C@]12CC/C(=N\N)C=C1CCC1C2CC[C@@]2(C)C1CC[C@@]2(O)Cc1ccccn1. The third kappa shape index (κ3) is 2.74. The molecule has 0 radical (unpaired) electrons. The molecule has 6 atom stereocenters. The van der Waals surface area contributed by atoms with E-state index >= 15 is 0 Å². The van der Waals surface area contributed by atoms with Crippen molar-refractivity contribution in [2.75, 3.05) is 0 Å². The third-order valence-corrected chi connectivity index (χ3v) is 9.66. The monoisotopic (exact) mass is 393 g/mol. The van der Waals surface area contributed by atoms with Crippen LogP contribution in [0.1, 0.15) is 70.9 Å². The van der Waals surface area contributed by atoms with Gasteiger partial charge in [-0.25, -0.2) is 0 Å². The highest BCUT2D eigenvalue weighted by molar-refractivity contribution is 5.96. The van der Waals surface area contributed by atoms with Crippen LogP contribution >= 0.6 is 0 Å². The fourth-order valence-electron chi connectivity index (χ4n) is 7.88. The molecule has 29 heavy (non-hydrogen) atoms. The second kappa shape index (κ2) is 6.66. The number of hydrazone groups is 1. The maximum atomic E-state index is 11.9. The molecule has 4 aliphatic carbocycles. The van der Waals surface area contributed by atoms with E-state index in [9.17, 15) is 5.11 Å². The van der Waals surface area contributed by atoms with Gasteiger partial charge in [-0.1, -0.05) is 25.5 Å².